The zero-order chi connectivity index (χ0) is 23.4. The number of hydrogen-bond acceptors (Lipinski definition) is 7. The van der Waals surface area contributed by atoms with Gasteiger partial charge in [0.25, 0.3) is 5.56 Å². The van der Waals surface area contributed by atoms with E-state index in [9.17, 15) is 9.59 Å². The number of methoxy groups -OCH3 is 2. The van der Waals surface area contributed by atoms with E-state index in [0.717, 1.165) is 16.0 Å². The summed E-state index contributed by atoms with van der Waals surface area (Å²) in [7, 11) is 4.81. The van der Waals surface area contributed by atoms with Crippen LogP contribution in [0.3, 0.4) is 0 Å². The molecule has 1 amide bonds. The van der Waals surface area contributed by atoms with Crippen molar-refractivity contribution in [2.45, 2.75) is 11.7 Å². The van der Waals surface area contributed by atoms with E-state index >= 15 is 0 Å². The molecule has 4 aromatic rings. The Labute approximate surface area is 199 Å². The largest absolute Gasteiger partial charge is 0.493 e. The Kier molecular flexibility index (Phi) is 7.00. The van der Waals surface area contributed by atoms with E-state index in [1.165, 1.54) is 27.7 Å². The fourth-order valence-electron chi connectivity index (χ4n) is 3.38. The number of carbonyl (C=O) groups is 1. The highest BCUT2D eigenvalue weighted by atomic mass is 32.2. The quantitative estimate of drug-likeness (QED) is 0.302. The van der Waals surface area contributed by atoms with Crippen LogP contribution < -0.4 is 20.3 Å². The summed E-state index contributed by atoms with van der Waals surface area (Å²) in [4.78, 5) is 31.0. The van der Waals surface area contributed by atoms with Crippen LogP contribution in [0.5, 0.6) is 11.5 Å². The molecule has 4 rings (SSSR count). The molecule has 33 heavy (non-hydrogen) atoms. The van der Waals surface area contributed by atoms with Gasteiger partial charge < -0.3 is 14.8 Å². The molecule has 7 nitrogen and oxygen atoms in total. The number of carbonyl (C=O) groups excluding carboxylic acids is 1. The number of benzene rings is 2. The molecule has 0 saturated carbocycles. The third-order valence-corrected chi connectivity index (χ3v) is 7.26. The smallest absolute Gasteiger partial charge is 0.271 e. The van der Waals surface area contributed by atoms with Gasteiger partial charge in [-0.15, -0.1) is 11.3 Å². The van der Waals surface area contributed by atoms with Crippen molar-refractivity contribution in [3.63, 3.8) is 0 Å². The van der Waals surface area contributed by atoms with Crippen LogP contribution in [0.25, 0.3) is 20.7 Å². The molecule has 0 radical (unpaired) electrons. The van der Waals surface area contributed by atoms with Gasteiger partial charge in [0.05, 0.1) is 25.5 Å². The van der Waals surface area contributed by atoms with Crippen molar-refractivity contribution in [1.82, 2.24) is 14.9 Å². The van der Waals surface area contributed by atoms with Gasteiger partial charge in [-0.3, -0.25) is 14.2 Å². The second-order valence-corrected chi connectivity index (χ2v) is 9.16. The van der Waals surface area contributed by atoms with Gasteiger partial charge in [0.2, 0.25) is 5.91 Å². The number of rotatable bonds is 8. The van der Waals surface area contributed by atoms with Gasteiger partial charge in [0, 0.05) is 24.0 Å². The van der Waals surface area contributed by atoms with Crippen molar-refractivity contribution in [3.8, 4) is 21.9 Å². The second kappa shape index (κ2) is 10.1. The van der Waals surface area contributed by atoms with Gasteiger partial charge in [-0.25, -0.2) is 4.98 Å². The molecular weight excluding hydrogens is 458 g/mol. The Morgan fingerprint density at radius 1 is 1.12 bits per heavy atom. The number of thiophene rings is 1. The standard InChI is InChI=1S/C24H23N3O4S2/c1-27-23(29)22-17(12-19(33-22)15-8-5-4-6-9-15)26-24(27)32-14-20(28)25-13-16-10-7-11-18(30-2)21(16)31-3/h4-12H,13-14H2,1-3H3,(H,25,28). The van der Waals surface area contributed by atoms with Crippen LogP contribution in [0.1, 0.15) is 5.56 Å². The van der Waals surface area contributed by atoms with E-state index in [-0.39, 0.29) is 17.2 Å². The van der Waals surface area contributed by atoms with Crippen molar-refractivity contribution >= 4 is 39.2 Å². The highest BCUT2D eigenvalue weighted by Crippen LogP contribution is 2.32. The molecule has 2 aromatic carbocycles. The summed E-state index contributed by atoms with van der Waals surface area (Å²) in [6, 6.07) is 17.3. The number of fused-ring (bicyclic) bond motifs is 1. The molecule has 1 N–H and O–H groups in total. The number of nitrogens with one attached hydrogen (secondary N) is 1. The van der Waals surface area contributed by atoms with E-state index in [1.54, 1.807) is 27.3 Å². The summed E-state index contributed by atoms with van der Waals surface area (Å²) in [5.41, 5.74) is 2.39. The molecule has 0 aliphatic carbocycles. The summed E-state index contributed by atoms with van der Waals surface area (Å²) < 4.78 is 12.8. The number of amides is 1. The molecule has 0 bridgehead atoms. The summed E-state index contributed by atoms with van der Waals surface area (Å²) in [5.74, 6) is 1.16. The van der Waals surface area contributed by atoms with Crippen molar-refractivity contribution in [3.05, 3.63) is 70.5 Å². The lowest BCUT2D eigenvalue weighted by Crippen LogP contribution is -2.26. The maximum atomic E-state index is 12.9. The molecule has 0 unspecified atom stereocenters. The molecule has 0 atom stereocenters. The van der Waals surface area contributed by atoms with Gasteiger partial charge in [0.1, 0.15) is 4.70 Å². The Morgan fingerprint density at radius 2 is 1.91 bits per heavy atom. The number of hydrogen-bond donors (Lipinski definition) is 1. The fraction of sp³-hybridized carbons (Fsp3) is 0.208. The Balaban J connectivity index is 1.46. The average molecular weight is 482 g/mol. The predicted molar refractivity (Wildman–Crippen MR) is 132 cm³/mol. The van der Waals surface area contributed by atoms with Crippen molar-refractivity contribution in [2.75, 3.05) is 20.0 Å². The maximum absolute atomic E-state index is 12.9. The van der Waals surface area contributed by atoms with Gasteiger partial charge in [-0.1, -0.05) is 54.2 Å². The molecule has 0 saturated heterocycles. The number of ether oxygens (including phenoxy) is 2. The van der Waals surface area contributed by atoms with Gasteiger partial charge in [-0.05, 0) is 17.7 Å². The lowest BCUT2D eigenvalue weighted by Gasteiger charge is -2.13. The molecule has 0 spiro atoms. The van der Waals surface area contributed by atoms with Crippen LogP contribution in [0.2, 0.25) is 0 Å². The minimum absolute atomic E-state index is 0.115. The van der Waals surface area contributed by atoms with E-state index in [0.29, 0.717) is 33.4 Å². The first-order chi connectivity index (χ1) is 16.0. The van der Waals surface area contributed by atoms with Gasteiger partial charge >= 0.3 is 0 Å². The monoisotopic (exact) mass is 481 g/mol. The first kappa shape index (κ1) is 22.9. The molecule has 9 heteroatoms. The van der Waals surface area contributed by atoms with Gasteiger partial charge in [-0.2, -0.15) is 0 Å². The van der Waals surface area contributed by atoms with Crippen LogP contribution in [-0.4, -0.2) is 35.4 Å². The second-order valence-electron chi connectivity index (χ2n) is 7.17. The van der Waals surface area contributed by atoms with Crippen molar-refractivity contribution in [1.29, 1.82) is 0 Å². The Morgan fingerprint density at radius 3 is 2.64 bits per heavy atom. The third kappa shape index (κ3) is 4.89. The van der Waals surface area contributed by atoms with Crippen LogP contribution >= 0.6 is 23.1 Å². The van der Waals surface area contributed by atoms with E-state index < -0.39 is 0 Å². The SMILES string of the molecule is COc1cccc(CNC(=O)CSc2nc3cc(-c4ccccc4)sc3c(=O)n2C)c1OC. The normalized spacial score (nSPS) is 10.9. The molecule has 0 aliphatic heterocycles. The fourth-order valence-corrected chi connectivity index (χ4v) is 5.26. The zero-order valence-corrected chi connectivity index (χ0v) is 20.1. The Bertz CT molecular complexity index is 1350. The molecule has 0 aliphatic rings. The highest BCUT2D eigenvalue weighted by Gasteiger charge is 2.15. The van der Waals surface area contributed by atoms with Crippen LogP contribution in [0.15, 0.2) is 64.5 Å². The molecular formula is C24H23N3O4S2. The topological polar surface area (TPSA) is 82.5 Å². The van der Waals surface area contributed by atoms with Crippen molar-refractivity contribution in [2.24, 2.45) is 7.05 Å². The first-order valence-electron chi connectivity index (χ1n) is 10.2. The Hall–Kier alpha value is -3.30. The summed E-state index contributed by atoms with van der Waals surface area (Å²) in [5, 5.41) is 3.38. The summed E-state index contributed by atoms with van der Waals surface area (Å²) in [6.07, 6.45) is 0. The lowest BCUT2D eigenvalue weighted by atomic mass is 10.2. The zero-order valence-electron chi connectivity index (χ0n) is 18.5. The highest BCUT2D eigenvalue weighted by molar-refractivity contribution is 7.99. The summed E-state index contributed by atoms with van der Waals surface area (Å²) >= 11 is 2.66. The van der Waals surface area contributed by atoms with Crippen LogP contribution in [0, 0.1) is 0 Å². The number of nitrogens with zero attached hydrogens (tertiary/aromatic N) is 2. The minimum Gasteiger partial charge on any atom is -0.493 e. The van der Waals surface area contributed by atoms with Crippen LogP contribution in [0.4, 0.5) is 0 Å². The first-order valence-corrected chi connectivity index (χ1v) is 12.0. The minimum atomic E-state index is -0.172. The lowest BCUT2D eigenvalue weighted by molar-refractivity contribution is -0.118. The van der Waals surface area contributed by atoms with E-state index in [4.69, 9.17) is 9.47 Å². The molecule has 0 fully saturated rings. The van der Waals surface area contributed by atoms with Crippen LogP contribution in [-0.2, 0) is 18.4 Å². The van der Waals surface area contributed by atoms with E-state index in [1.807, 2.05) is 48.5 Å². The average Bonchev–Trinajstić information content (AvgIpc) is 3.28. The number of para-hydroxylation sites is 1. The predicted octanol–water partition coefficient (Wildman–Crippen LogP) is 4.09. The molecule has 170 valence electrons. The van der Waals surface area contributed by atoms with Gasteiger partial charge in [0.15, 0.2) is 16.7 Å². The summed E-state index contributed by atoms with van der Waals surface area (Å²) in [6.45, 7) is 0.302. The maximum Gasteiger partial charge on any atom is 0.271 e. The molecule has 2 aromatic heterocycles. The van der Waals surface area contributed by atoms with Crippen molar-refractivity contribution < 1.29 is 14.3 Å². The third-order valence-electron chi connectivity index (χ3n) is 5.07. The number of aromatic nitrogens is 2. The number of thioether (sulfide) groups is 1. The molecule has 2 heterocycles. The van der Waals surface area contributed by atoms with E-state index in [2.05, 4.69) is 10.3 Å².